The minimum absolute atomic E-state index is 0.263. The number of thioether (sulfide) groups is 1. The second-order valence-electron chi connectivity index (χ2n) is 6.99. The third-order valence-electron chi connectivity index (χ3n) is 4.71. The van der Waals surface area contributed by atoms with Crippen LogP contribution in [0.15, 0.2) is 71.6 Å². The summed E-state index contributed by atoms with van der Waals surface area (Å²) in [6, 6.07) is 20.3. The van der Waals surface area contributed by atoms with Crippen molar-refractivity contribution in [2.45, 2.75) is 13.2 Å². The normalized spacial score (nSPS) is 15.0. The van der Waals surface area contributed by atoms with Crippen LogP contribution in [0.25, 0.3) is 6.08 Å². The van der Waals surface area contributed by atoms with Crippen LogP contribution in [-0.2, 0) is 17.9 Å². The van der Waals surface area contributed by atoms with Crippen LogP contribution in [0.3, 0.4) is 0 Å². The van der Waals surface area contributed by atoms with Gasteiger partial charge in [0.25, 0.3) is 11.1 Å². The number of carbonyl (C=O) groups excluding carboxylic acids is 2. The van der Waals surface area contributed by atoms with Crippen molar-refractivity contribution in [2.24, 2.45) is 0 Å². The van der Waals surface area contributed by atoms with E-state index in [9.17, 15) is 9.59 Å². The maximum Gasteiger partial charge on any atom is 0.293 e. The summed E-state index contributed by atoms with van der Waals surface area (Å²) in [4.78, 5) is 26.8. The molecular formula is C24H16Cl2INO3S. The highest BCUT2D eigenvalue weighted by Gasteiger charge is 2.34. The van der Waals surface area contributed by atoms with Crippen molar-refractivity contribution in [3.8, 4) is 5.75 Å². The highest BCUT2D eigenvalue weighted by Crippen LogP contribution is 2.33. The Labute approximate surface area is 213 Å². The molecule has 0 unspecified atom stereocenters. The molecule has 1 aliphatic rings. The quantitative estimate of drug-likeness (QED) is 0.220. The Balaban J connectivity index is 1.40. The van der Waals surface area contributed by atoms with Gasteiger partial charge in [-0.25, -0.2) is 0 Å². The number of nitrogens with zero attached hydrogens (tertiary/aromatic N) is 1. The maximum absolute atomic E-state index is 12.7. The number of ether oxygens (including phenoxy) is 1. The zero-order chi connectivity index (χ0) is 22.7. The van der Waals surface area contributed by atoms with E-state index < -0.39 is 0 Å². The van der Waals surface area contributed by atoms with Gasteiger partial charge in [-0.1, -0.05) is 53.5 Å². The van der Waals surface area contributed by atoms with E-state index in [4.69, 9.17) is 27.9 Å². The third kappa shape index (κ3) is 5.67. The molecule has 1 aliphatic heterocycles. The Morgan fingerprint density at radius 2 is 1.69 bits per heavy atom. The summed E-state index contributed by atoms with van der Waals surface area (Å²) in [6.07, 6.45) is 1.72. The van der Waals surface area contributed by atoms with Gasteiger partial charge in [0, 0.05) is 19.2 Å². The van der Waals surface area contributed by atoms with Crippen molar-refractivity contribution < 1.29 is 14.3 Å². The Hall–Kier alpha value is -2.00. The summed E-state index contributed by atoms with van der Waals surface area (Å²) in [5.41, 5.74) is 2.56. The van der Waals surface area contributed by atoms with Crippen molar-refractivity contribution in [3.63, 3.8) is 0 Å². The summed E-state index contributed by atoms with van der Waals surface area (Å²) in [6.45, 7) is 0.575. The molecule has 8 heteroatoms. The molecule has 3 aromatic carbocycles. The van der Waals surface area contributed by atoms with Gasteiger partial charge in [0.15, 0.2) is 0 Å². The number of amides is 2. The summed E-state index contributed by atoms with van der Waals surface area (Å²) >= 11 is 15.3. The lowest BCUT2D eigenvalue weighted by Crippen LogP contribution is -2.27. The number of halogens is 3. The molecule has 0 spiro atoms. The lowest BCUT2D eigenvalue weighted by atomic mass is 10.2. The van der Waals surface area contributed by atoms with Gasteiger partial charge < -0.3 is 4.74 Å². The smallest absolute Gasteiger partial charge is 0.293 e. The molecule has 162 valence electrons. The number of hydrogen-bond acceptors (Lipinski definition) is 4. The molecule has 32 heavy (non-hydrogen) atoms. The van der Waals surface area contributed by atoms with Gasteiger partial charge in [0.2, 0.25) is 0 Å². The molecule has 0 aromatic heterocycles. The van der Waals surface area contributed by atoms with E-state index in [0.717, 1.165) is 32.0 Å². The average molecular weight is 596 g/mol. The summed E-state index contributed by atoms with van der Waals surface area (Å²) in [7, 11) is 0. The number of benzene rings is 3. The molecule has 3 aromatic rings. The first kappa shape index (κ1) is 23.2. The average Bonchev–Trinajstić information content (AvgIpc) is 3.03. The van der Waals surface area contributed by atoms with E-state index in [1.54, 1.807) is 18.2 Å². The number of rotatable bonds is 6. The molecule has 0 aliphatic carbocycles. The second-order valence-corrected chi connectivity index (χ2v) is 10.1. The van der Waals surface area contributed by atoms with Crippen molar-refractivity contribution in [1.82, 2.24) is 4.90 Å². The van der Waals surface area contributed by atoms with E-state index in [-0.39, 0.29) is 17.7 Å². The highest BCUT2D eigenvalue weighted by molar-refractivity contribution is 14.1. The van der Waals surface area contributed by atoms with E-state index in [1.807, 2.05) is 54.6 Å². The monoisotopic (exact) mass is 595 g/mol. The van der Waals surface area contributed by atoms with Crippen molar-refractivity contribution in [1.29, 1.82) is 0 Å². The van der Waals surface area contributed by atoms with Gasteiger partial charge in [0.1, 0.15) is 12.4 Å². The fourth-order valence-corrected chi connectivity index (χ4v) is 4.68. The minimum Gasteiger partial charge on any atom is -0.489 e. The van der Waals surface area contributed by atoms with Gasteiger partial charge in [0.05, 0.1) is 11.4 Å². The Morgan fingerprint density at radius 1 is 0.969 bits per heavy atom. The van der Waals surface area contributed by atoms with Crippen LogP contribution in [0.5, 0.6) is 5.75 Å². The molecule has 1 fully saturated rings. The standard InChI is InChI=1S/C24H16Cl2INO3S/c25-18-6-5-17(21(26)12-18)14-31-20-9-3-15(4-10-20)11-22-23(29)28(24(30)32-22)13-16-1-7-19(27)8-2-16/h1-12H,13-14H2/b22-11-. The fourth-order valence-electron chi connectivity index (χ4n) is 3.02. The second kappa shape index (κ2) is 10.3. The zero-order valence-electron chi connectivity index (χ0n) is 16.6. The number of hydrogen-bond donors (Lipinski definition) is 0. The van der Waals surface area contributed by atoms with E-state index in [0.29, 0.717) is 27.3 Å². The molecule has 2 amide bonds. The van der Waals surface area contributed by atoms with Gasteiger partial charge in [-0.05, 0) is 88.0 Å². The Bertz CT molecular complexity index is 1200. The zero-order valence-corrected chi connectivity index (χ0v) is 21.0. The molecule has 4 rings (SSSR count). The minimum atomic E-state index is -0.281. The van der Waals surface area contributed by atoms with Gasteiger partial charge in [-0.3, -0.25) is 14.5 Å². The largest absolute Gasteiger partial charge is 0.489 e. The van der Waals surface area contributed by atoms with Gasteiger partial charge in [-0.15, -0.1) is 0 Å². The van der Waals surface area contributed by atoms with Crippen molar-refractivity contribution in [2.75, 3.05) is 0 Å². The lowest BCUT2D eigenvalue weighted by Gasteiger charge is -2.12. The maximum atomic E-state index is 12.7. The summed E-state index contributed by atoms with van der Waals surface area (Å²) < 4.78 is 6.89. The molecule has 0 atom stereocenters. The molecule has 0 N–H and O–H groups in total. The first-order valence-electron chi connectivity index (χ1n) is 9.55. The van der Waals surface area contributed by atoms with Crippen LogP contribution in [0.2, 0.25) is 10.0 Å². The molecule has 1 heterocycles. The van der Waals surface area contributed by atoms with Crippen LogP contribution >= 0.6 is 57.6 Å². The lowest BCUT2D eigenvalue weighted by molar-refractivity contribution is -0.123. The van der Waals surface area contributed by atoms with Crippen LogP contribution in [0.4, 0.5) is 4.79 Å². The molecule has 0 radical (unpaired) electrons. The predicted octanol–water partition coefficient (Wildman–Crippen LogP) is 7.41. The summed E-state index contributed by atoms with van der Waals surface area (Å²) in [5, 5.41) is 0.862. The molecule has 4 nitrogen and oxygen atoms in total. The summed E-state index contributed by atoms with van der Waals surface area (Å²) in [5.74, 6) is 0.385. The predicted molar refractivity (Wildman–Crippen MR) is 138 cm³/mol. The van der Waals surface area contributed by atoms with Crippen LogP contribution in [0, 0.1) is 3.57 Å². The van der Waals surface area contributed by atoms with Crippen molar-refractivity contribution >= 4 is 74.8 Å². The Morgan fingerprint density at radius 3 is 2.38 bits per heavy atom. The number of imide groups is 1. The molecule has 0 saturated carbocycles. The SMILES string of the molecule is O=C1S/C(=C\c2ccc(OCc3ccc(Cl)cc3Cl)cc2)C(=O)N1Cc1ccc(I)cc1. The van der Waals surface area contributed by atoms with Crippen LogP contribution in [0.1, 0.15) is 16.7 Å². The first-order valence-corrected chi connectivity index (χ1v) is 12.2. The van der Waals surface area contributed by atoms with Crippen LogP contribution < -0.4 is 4.74 Å². The molecule has 0 bridgehead atoms. The molecule has 1 saturated heterocycles. The Kier molecular flexibility index (Phi) is 7.45. The van der Waals surface area contributed by atoms with Gasteiger partial charge in [-0.2, -0.15) is 0 Å². The van der Waals surface area contributed by atoms with Gasteiger partial charge >= 0.3 is 0 Å². The highest BCUT2D eigenvalue weighted by atomic mass is 127. The van der Waals surface area contributed by atoms with E-state index in [1.165, 1.54) is 4.90 Å². The topological polar surface area (TPSA) is 46.6 Å². The third-order valence-corrected chi connectivity index (χ3v) is 6.93. The van der Waals surface area contributed by atoms with E-state index >= 15 is 0 Å². The number of carbonyl (C=O) groups is 2. The van der Waals surface area contributed by atoms with Crippen molar-refractivity contribution in [3.05, 3.63) is 102 Å². The fraction of sp³-hybridized carbons (Fsp3) is 0.0833. The van der Waals surface area contributed by atoms with E-state index in [2.05, 4.69) is 22.6 Å². The first-order chi connectivity index (χ1) is 15.4. The van der Waals surface area contributed by atoms with Crippen LogP contribution in [-0.4, -0.2) is 16.0 Å². The molecular weight excluding hydrogens is 580 g/mol.